The number of hydrogen-bond acceptors (Lipinski definition) is 3. The van der Waals surface area contributed by atoms with Crippen molar-refractivity contribution in [3.05, 3.63) is 30.2 Å². The molecule has 1 atom stereocenters. The van der Waals surface area contributed by atoms with Crippen molar-refractivity contribution in [3.8, 4) is 0 Å². The van der Waals surface area contributed by atoms with Gasteiger partial charge in [-0.05, 0) is 18.6 Å². The van der Waals surface area contributed by atoms with Crippen molar-refractivity contribution in [3.63, 3.8) is 0 Å². The van der Waals surface area contributed by atoms with Crippen molar-refractivity contribution < 1.29 is 4.42 Å². The van der Waals surface area contributed by atoms with Gasteiger partial charge in [-0.2, -0.15) is 0 Å². The monoisotopic (exact) mass is 162 g/mol. The Morgan fingerprint density at radius 1 is 1.50 bits per heavy atom. The minimum Gasteiger partial charge on any atom is -0.443 e. The van der Waals surface area contributed by atoms with Crippen LogP contribution in [0, 0.1) is 0 Å². The van der Waals surface area contributed by atoms with E-state index >= 15 is 0 Å². The number of hydrogen-bond donors (Lipinski definition) is 1. The first-order valence-electron chi connectivity index (χ1n) is 3.87. The summed E-state index contributed by atoms with van der Waals surface area (Å²) in [6.07, 6.45) is 1.44. The summed E-state index contributed by atoms with van der Waals surface area (Å²) < 4.78 is 5.14. The summed E-state index contributed by atoms with van der Waals surface area (Å²) in [7, 11) is 0. The highest BCUT2D eigenvalue weighted by Gasteiger charge is 2.07. The Labute approximate surface area is 70.2 Å². The van der Waals surface area contributed by atoms with Crippen LogP contribution < -0.4 is 5.73 Å². The Morgan fingerprint density at radius 2 is 2.33 bits per heavy atom. The van der Waals surface area contributed by atoms with E-state index < -0.39 is 0 Å². The maximum absolute atomic E-state index is 5.76. The minimum absolute atomic E-state index is 0.00111. The molecule has 1 aromatic carbocycles. The van der Waals surface area contributed by atoms with E-state index in [1.54, 1.807) is 0 Å². The van der Waals surface area contributed by atoms with Crippen molar-refractivity contribution in [2.75, 3.05) is 0 Å². The van der Waals surface area contributed by atoms with E-state index in [0.29, 0.717) is 0 Å². The van der Waals surface area contributed by atoms with E-state index in [-0.39, 0.29) is 6.04 Å². The van der Waals surface area contributed by atoms with Crippen LogP contribution in [0.2, 0.25) is 0 Å². The molecule has 0 fully saturated rings. The van der Waals surface area contributed by atoms with Gasteiger partial charge in [0.15, 0.2) is 12.0 Å². The Bertz CT molecular complexity index is 392. The first kappa shape index (κ1) is 7.31. The predicted molar refractivity (Wildman–Crippen MR) is 46.6 cm³/mol. The molecule has 1 heterocycles. The summed E-state index contributed by atoms with van der Waals surface area (Å²) in [5.41, 5.74) is 8.45. The second kappa shape index (κ2) is 2.60. The highest BCUT2D eigenvalue weighted by atomic mass is 16.3. The van der Waals surface area contributed by atoms with Crippen molar-refractivity contribution in [2.45, 2.75) is 13.0 Å². The van der Waals surface area contributed by atoms with E-state index in [9.17, 15) is 0 Å². The van der Waals surface area contributed by atoms with Gasteiger partial charge in [-0.15, -0.1) is 0 Å². The number of para-hydroxylation sites is 1. The molecule has 2 aromatic rings. The van der Waals surface area contributed by atoms with Gasteiger partial charge in [-0.3, -0.25) is 0 Å². The SMILES string of the molecule is CC(N)c1cccc2ocnc12. The third-order valence-electron chi connectivity index (χ3n) is 1.88. The zero-order chi connectivity index (χ0) is 8.55. The molecule has 12 heavy (non-hydrogen) atoms. The van der Waals surface area contributed by atoms with Crippen LogP contribution in [0.4, 0.5) is 0 Å². The Morgan fingerprint density at radius 3 is 3.08 bits per heavy atom. The third-order valence-corrected chi connectivity index (χ3v) is 1.88. The molecule has 1 unspecified atom stereocenters. The lowest BCUT2D eigenvalue weighted by molar-refractivity contribution is 0.602. The number of benzene rings is 1. The van der Waals surface area contributed by atoms with Gasteiger partial charge in [-0.1, -0.05) is 12.1 Å². The summed E-state index contributed by atoms with van der Waals surface area (Å²) in [5, 5.41) is 0. The van der Waals surface area contributed by atoms with E-state index in [4.69, 9.17) is 10.2 Å². The molecule has 0 saturated heterocycles. The number of fused-ring (bicyclic) bond motifs is 1. The van der Waals surface area contributed by atoms with Crippen LogP contribution in [0.25, 0.3) is 11.1 Å². The average molecular weight is 162 g/mol. The van der Waals surface area contributed by atoms with Crippen molar-refractivity contribution in [1.29, 1.82) is 0 Å². The largest absolute Gasteiger partial charge is 0.443 e. The minimum atomic E-state index is -0.00111. The highest BCUT2D eigenvalue weighted by molar-refractivity contribution is 5.76. The van der Waals surface area contributed by atoms with Crippen molar-refractivity contribution in [1.82, 2.24) is 4.98 Å². The van der Waals surface area contributed by atoms with Crippen LogP contribution >= 0.6 is 0 Å². The maximum atomic E-state index is 5.76. The van der Waals surface area contributed by atoms with Gasteiger partial charge < -0.3 is 10.2 Å². The molecule has 0 saturated carbocycles. The van der Waals surface area contributed by atoms with Crippen LogP contribution in [-0.2, 0) is 0 Å². The molecule has 2 rings (SSSR count). The Hall–Kier alpha value is -1.35. The van der Waals surface area contributed by atoms with E-state index in [1.807, 2.05) is 25.1 Å². The third kappa shape index (κ3) is 0.987. The molecule has 0 aliphatic rings. The normalized spacial score (nSPS) is 13.5. The molecule has 0 amide bonds. The van der Waals surface area contributed by atoms with Gasteiger partial charge in [0.1, 0.15) is 5.52 Å². The molecule has 1 aromatic heterocycles. The molecule has 3 heteroatoms. The first-order chi connectivity index (χ1) is 5.79. The summed E-state index contributed by atoms with van der Waals surface area (Å²) in [6, 6.07) is 5.77. The van der Waals surface area contributed by atoms with Crippen LogP contribution in [0.3, 0.4) is 0 Å². The van der Waals surface area contributed by atoms with Gasteiger partial charge in [-0.25, -0.2) is 4.98 Å². The first-order valence-corrected chi connectivity index (χ1v) is 3.87. The number of aromatic nitrogens is 1. The molecule has 0 spiro atoms. The van der Waals surface area contributed by atoms with Crippen LogP contribution in [-0.4, -0.2) is 4.98 Å². The van der Waals surface area contributed by atoms with Gasteiger partial charge in [0.2, 0.25) is 0 Å². The van der Waals surface area contributed by atoms with E-state index in [1.165, 1.54) is 6.39 Å². The molecular weight excluding hydrogens is 152 g/mol. The van der Waals surface area contributed by atoms with Crippen LogP contribution in [0.15, 0.2) is 29.0 Å². The molecule has 0 radical (unpaired) electrons. The second-order valence-electron chi connectivity index (χ2n) is 2.84. The lowest BCUT2D eigenvalue weighted by Crippen LogP contribution is -2.05. The van der Waals surface area contributed by atoms with Crippen LogP contribution in [0.5, 0.6) is 0 Å². The molecular formula is C9H10N2O. The topological polar surface area (TPSA) is 52.0 Å². The molecule has 0 bridgehead atoms. The lowest BCUT2D eigenvalue weighted by atomic mass is 10.1. The van der Waals surface area contributed by atoms with Gasteiger partial charge >= 0.3 is 0 Å². The molecule has 62 valence electrons. The highest BCUT2D eigenvalue weighted by Crippen LogP contribution is 2.20. The average Bonchev–Trinajstić information content (AvgIpc) is 2.49. The van der Waals surface area contributed by atoms with Crippen molar-refractivity contribution in [2.24, 2.45) is 5.73 Å². The fraction of sp³-hybridized carbons (Fsp3) is 0.222. The van der Waals surface area contributed by atoms with E-state index in [2.05, 4.69) is 4.98 Å². The fourth-order valence-corrected chi connectivity index (χ4v) is 1.28. The lowest BCUT2D eigenvalue weighted by Gasteiger charge is -2.03. The number of oxazole rings is 1. The quantitative estimate of drug-likeness (QED) is 0.696. The Kier molecular flexibility index (Phi) is 1.59. The molecule has 2 N–H and O–H groups in total. The number of rotatable bonds is 1. The summed E-state index contributed by atoms with van der Waals surface area (Å²) in [5.74, 6) is 0. The Balaban J connectivity index is 2.73. The molecule has 0 aliphatic carbocycles. The number of nitrogens with zero attached hydrogens (tertiary/aromatic N) is 1. The number of nitrogens with two attached hydrogens (primary N) is 1. The van der Waals surface area contributed by atoms with E-state index in [0.717, 1.165) is 16.7 Å². The zero-order valence-electron chi connectivity index (χ0n) is 6.82. The predicted octanol–water partition coefficient (Wildman–Crippen LogP) is 1.85. The summed E-state index contributed by atoms with van der Waals surface area (Å²) in [6.45, 7) is 1.93. The fourth-order valence-electron chi connectivity index (χ4n) is 1.28. The molecule has 0 aliphatic heterocycles. The summed E-state index contributed by atoms with van der Waals surface area (Å²) in [4.78, 5) is 4.09. The molecule has 3 nitrogen and oxygen atoms in total. The smallest absolute Gasteiger partial charge is 0.181 e. The standard InChI is InChI=1S/C9H10N2O/c1-6(10)7-3-2-4-8-9(7)11-5-12-8/h2-6H,10H2,1H3. The van der Waals surface area contributed by atoms with Gasteiger partial charge in [0.25, 0.3) is 0 Å². The van der Waals surface area contributed by atoms with Gasteiger partial charge in [0, 0.05) is 6.04 Å². The zero-order valence-corrected chi connectivity index (χ0v) is 6.82. The van der Waals surface area contributed by atoms with Crippen LogP contribution in [0.1, 0.15) is 18.5 Å². The maximum Gasteiger partial charge on any atom is 0.181 e. The second-order valence-corrected chi connectivity index (χ2v) is 2.84. The van der Waals surface area contributed by atoms with Crippen molar-refractivity contribution >= 4 is 11.1 Å². The summed E-state index contributed by atoms with van der Waals surface area (Å²) >= 11 is 0. The van der Waals surface area contributed by atoms with Gasteiger partial charge in [0.05, 0.1) is 0 Å².